The highest BCUT2D eigenvalue weighted by atomic mass is 79.9. The van der Waals surface area contributed by atoms with Crippen LogP contribution in [-0.2, 0) is 6.42 Å². The van der Waals surface area contributed by atoms with E-state index in [0.717, 1.165) is 25.7 Å². The zero-order valence-corrected chi connectivity index (χ0v) is 10.3. The highest BCUT2D eigenvalue weighted by molar-refractivity contribution is 9.10. The predicted molar refractivity (Wildman–Crippen MR) is 66.5 cm³/mol. The van der Waals surface area contributed by atoms with Gasteiger partial charge in [0.2, 0.25) is 0 Å². The van der Waals surface area contributed by atoms with Crippen LogP contribution in [0, 0.1) is 0 Å². The van der Waals surface area contributed by atoms with E-state index in [1.54, 1.807) is 0 Å². The van der Waals surface area contributed by atoms with Gasteiger partial charge in [0.1, 0.15) is 0 Å². The zero-order valence-electron chi connectivity index (χ0n) is 8.67. The molecule has 1 fully saturated rings. The van der Waals surface area contributed by atoms with Gasteiger partial charge in [-0.1, -0.05) is 22.0 Å². The number of halogens is 1. The lowest BCUT2D eigenvalue weighted by molar-refractivity contribution is 0.612. The average Bonchev–Trinajstić information content (AvgIpc) is 2.44. The second-order valence-electron chi connectivity index (χ2n) is 4.36. The lowest BCUT2D eigenvalue weighted by Gasteiger charge is -2.24. The fraction of sp³-hybridized carbons (Fsp3) is 0.500. The van der Waals surface area contributed by atoms with Gasteiger partial charge in [0.25, 0.3) is 0 Å². The molecule has 2 heterocycles. The van der Waals surface area contributed by atoms with Crippen molar-refractivity contribution >= 4 is 21.6 Å². The van der Waals surface area contributed by atoms with Gasteiger partial charge in [-0.15, -0.1) is 0 Å². The predicted octanol–water partition coefficient (Wildman–Crippen LogP) is 2.17. The molecule has 0 aromatic heterocycles. The first-order valence-electron chi connectivity index (χ1n) is 5.60. The first-order chi connectivity index (χ1) is 7.34. The molecule has 2 nitrogen and oxygen atoms in total. The molecule has 1 N–H and O–H groups in total. The van der Waals surface area contributed by atoms with Crippen LogP contribution in [0.3, 0.4) is 0 Å². The Balaban J connectivity index is 1.98. The molecule has 0 amide bonds. The van der Waals surface area contributed by atoms with Gasteiger partial charge in [0, 0.05) is 29.3 Å². The third-order valence-electron chi connectivity index (χ3n) is 3.44. The summed E-state index contributed by atoms with van der Waals surface area (Å²) in [6.45, 7) is 3.42. The Morgan fingerprint density at radius 1 is 1.33 bits per heavy atom. The molecular weight excluding hydrogens is 252 g/mol. The van der Waals surface area contributed by atoms with E-state index >= 15 is 0 Å². The minimum absolute atomic E-state index is 0.726. The van der Waals surface area contributed by atoms with Crippen molar-refractivity contribution in [3.8, 4) is 0 Å². The summed E-state index contributed by atoms with van der Waals surface area (Å²) in [5, 5.41) is 3.47. The van der Waals surface area contributed by atoms with Crippen LogP contribution >= 0.6 is 15.9 Å². The highest BCUT2D eigenvalue weighted by Crippen LogP contribution is 2.35. The summed E-state index contributed by atoms with van der Waals surface area (Å²) in [6, 6.07) is 7.41. The van der Waals surface area contributed by atoms with E-state index in [1.807, 2.05) is 0 Å². The van der Waals surface area contributed by atoms with E-state index in [4.69, 9.17) is 0 Å². The normalized spacial score (nSPS) is 24.6. The van der Waals surface area contributed by atoms with Gasteiger partial charge < -0.3 is 10.2 Å². The minimum Gasteiger partial charge on any atom is -0.367 e. The van der Waals surface area contributed by atoms with Crippen molar-refractivity contribution < 1.29 is 0 Å². The Labute approximate surface area is 98.8 Å². The van der Waals surface area contributed by atoms with Crippen LogP contribution in [0.5, 0.6) is 0 Å². The molecule has 1 saturated heterocycles. The van der Waals surface area contributed by atoms with E-state index in [9.17, 15) is 0 Å². The summed E-state index contributed by atoms with van der Waals surface area (Å²) in [6.07, 6.45) is 2.50. The summed E-state index contributed by atoms with van der Waals surface area (Å²) < 4.78 is 1.19. The Hall–Kier alpha value is -0.540. The summed E-state index contributed by atoms with van der Waals surface area (Å²) in [7, 11) is 0. The molecule has 0 radical (unpaired) electrons. The highest BCUT2D eigenvalue weighted by Gasteiger charge is 2.29. The Morgan fingerprint density at radius 3 is 3.20 bits per heavy atom. The average molecular weight is 267 g/mol. The third kappa shape index (κ3) is 1.68. The van der Waals surface area contributed by atoms with Gasteiger partial charge in [-0.05, 0) is 37.1 Å². The maximum atomic E-state index is 3.56. The molecule has 15 heavy (non-hydrogen) atoms. The maximum Gasteiger partial charge on any atom is 0.0413 e. The molecule has 80 valence electrons. The third-order valence-corrected chi connectivity index (χ3v) is 3.93. The quantitative estimate of drug-likeness (QED) is 0.775. The number of fused-ring (bicyclic) bond motifs is 3. The lowest BCUT2D eigenvalue weighted by Crippen LogP contribution is -2.32. The van der Waals surface area contributed by atoms with Crippen molar-refractivity contribution in [2.24, 2.45) is 0 Å². The molecule has 1 aromatic rings. The summed E-state index contributed by atoms with van der Waals surface area (Å²) in [5.41, 5.74) is 2.96. The van der Waals surface area contributed by atoms with E-state index < -0.39 is 0 Å². The van der Waals surface area contributed by atoms with Gasteiger partial charge in [0.15, 0.2) is 0 Å². The van der Waals surface area contributed by atoms with E-state index in [1.165, 1.54) is 28.6 Å². The molecule has 3 rings (SSSR count). The Kier molecular flexibility index (Phi) is 2.45. The monoisotopic (exact) mass is 266 g/mol. The van der Waals surface area contributed by atoms with Crippen LogP contribution in [0.15, 0.2) is 22.7 Å². The zero-order chi connectivity index (χ0) is 10.3. The van der Waals surface area contributed by atoms with Gasteiger partial charge in [-0.2, -0.15) is 0 Å². The second kappa shape index (κ2) is 3.80. The fourth-order valence-electron chi connectivity index (χ4n) is 2.69. The van der Waals surface area contributed by atoms with E-state index in [2.05, 4.69) is 44.3 Å². The van der Waals surface area contributed by atoms with Crippen LogP contribution in [-0.4, -0.2) is 25.7 Å². The standard InChI is InChI=1S/C12H15BrN2/c13-10-2-1-9-7-11-3-4-14-5-6-15(11)12(9)8-10/h1-2,8,11,14H,3-7H2. The number of anilines is 1. The first-order valence-corrected chi connectivity index (χ1v) is 6.40. The number of hydrogen-bond donors (Lipinski definition) is 1. The van der Waals surface area contributed by atoms with Gasteiger partial charge in [0.05, 0.1) is 0 Å². The molecule has 1 unspecified atom stereocenters. The summed E-state index contributed by atoms with van der Waals surface area (Å²) in [4.78, 5) is 2.57. The smallest absolute Gasteiger partial charge is 0.0413 e. The molecule has 0 saturated carbocycles. The Bertz CT molecular complexity index is 378. The number of hydrogen-bond acceptors (Lipinski definition) is 2. The molecule has 1 aromatic carbocycles. The van der Waals surface area contributed by atoms with Crippen LogP contribution in [0.2, 0.25) is 0 Å². The SMILES string of the molecule is Brc1ccc2c(c1)N1CCNCCC1C2. The van der Waals surface area contributed by atoms with E-state index in [0.29, 0.717) is 0 Å². The lowest BCUT2D eigenvalue weighted by atomic mass is 10.1. The van der Waals surface area contributed by atoms with Crippen LogP contribution in [0.4, 0.5) is 5.69 Å². The van der Waals surface area contributed by atoms with E-state index in [-0.39, 0.29) is 0 Å². The largest absolute Gasteiger partial charge is 0.367 e. The maximum absolute atomic E-state index is 3.56. The van der Waals surface area contributed by atoms with Gasteiger partial charge in [-0.3, -0.25) is 0 Å². The topological polar surface area (TPSA) is 15.3 Å². The Morgan fingerprint density at radius 2 is 2.27 bits per heavy atom. The molecular formula is C12H15BrN2. The van der Waals surface area contributed by atoms with Crippen molar-refractivity contribution in [1.29, 1.82) is 0 Å². The minimum atomic E-state index is 0.726. The number of rotatable bonds is 0. The molecule has 0 bridgehead atoms. The van der Waals surface area contributed by atoms with Crippen LogP contribution in [0.25, 0.3) is 0 Å². The van der Waals surface area contributed by atoms with Crippen molar-refractivity contribution in [3.05, 3.63) is 28.2 Å². The molecule has 0 spiro atoms. The summed E-state index contributed by atoms with van der Waals surface area (Å²) in [5.74, 6) is 0. The van der Waals surface area contributed by atoms with Crippen molar-refractivity contribution in [2.75, 3.05) is 24.5 Å². The van der Waals surface area contributed by atoms with Crippen LogP contribution < -0.4 is 10.2 Å². The fourth-order valence-corrected chi connectivity index (χ4v) is 3.04. The summed E-state index contributed by atoms with van der Waals surface area (Å²) >= 11 is 3.56. The van der Waals surface area contributed by atoms with Crippen molar-refractivity contribution in [3.63, 3.8) is 0 Å². The molecule has 0 aliphatic carbocycles. The number of nitrogens with one attached hydrogen (secondary N) is 1. The number of nitrogens with zero attached hydrogens (tertiary/aromatic N) is 1. The van der Waals surface area contributed by atoms with Crippen molar-refractivity contribution in [2.45, 2.75) is 18.9 Å². The molecule has 2 aliphatic heterocycles. The van der Waals surface area contributed by atoms with Gasteiger partial charge >= 0.3 is 0 Å². The molecule has 2 aliphatic rings. The van der Waals surface area contributed by atoms with Crippen molar-refractivity contribution in [1.82, 2.24) is 5.32 Å². The molecule has 3 heteroatoms. The second-order valence-corrected chi connectivity index (χ2v) is 5.28. The first kappa shape index (κ1) is 9.67. The van der Waals surface area contributed by atoms with Crippen LogP contribution in [0.1, 0.15) is 12.0 Å². The van der Waals surface area contributed by atoms with Gasteiger partial charge in [-0.25, -0.2) is 0 Å². The number of benzene rings is 1. The molecule has 1 atom stereocenters.